The molecule has 1 aliphatic heterocycles. The van der Waals surface area contributed by atoms with Crippen molar-refractivity contribution in [3.8, 4) is 33.9 Å². The van der Waals surface area contributed by atoms with Crippen LogP contribution in [0.3, 0.4) is 0 Å². The van der Waals surface area contributed by atoms with Gasteiger partial charge in [-0.25, -0.2) is 0 Å². The molecule has 0 aliphatic carbocycles. The Hall–Kier alpha value is -3.72. The van der Waals surface area contributed by atoms with Gasteiger partial charge in [0, 0.05) is 29.4 Å². The topological polar surface area (TPSA) is 26.0 Å². The minimum Gasteiger partial charge on any atom is -0.456 e. The number of pyridine rings is 2. The predicted molar refractivity (Wildman–Crippen MR) is 111 cm³/mol. The van der Waals surface area contributed by atoms with E-state index in [4.69, 9.17) is 4.74 Å². The lowest BCUT2D eigenvalue weighted by atomic mass is 9.95. The van der Waals surface area contributed by atoms with Crippen molar-refractivity contribution in [2.45, 2.75) is 0 Å². The monoisotopic (exact) mass is 361 g/mol. The number of para-hydroxylation sites is 1. The zero-order valence-corrected chi connectivity index (χ0v) is 15.4. The van der Waals surface area contributed by atoms with Crippen LogP contribution in [0.1, 0.15) is 0 Å². The molecule has 28 heavy (non-hydrogen) atoms. The van der Waals surface area contributed by atoms with Gasteiger partial charge < -0.3 is 4.74 Å². The van der Waals surface area contributed by atoms with Crippen molar-refractivity contribution in [2.24, 2.45) is 7.05 Å². The average molecular weight is 361 g/mol. The lowest BCUT2D eigenvalue weighted by Crippen LogP contribution is -2.33. The maximum Gasteiger partial charge on any atom is 0.228 e. The molecule has 2 aromatic heterocycles. The molecule has 0 fully saturated rings. The van der Waals surface area contributed by atoms with E-state index in [1.165, 1.54) is 32.9 Å². The van der Waals surface area contributed by atoms with Gasteiger partial charge in [-0.2, -0.15) is 4.57 Å². The summed E-state index contributed by atoms with van der Waals surface area (Å²) >= 11 is 0. The summed E-state index contributed by atoms with van der Waals surface area (Å²) in [4.78, 5) is 4.27. The molecule has 0 saturated heterocycles. The van der Waals surface area contributed by atoms with Gasteiger partial charge in [0.25, 0.3) is 0 Å². The largest absolute Gasteiger partial charge is 0.456 e. The highest BCUT2D eigenvalue weighted by molar-refractivity contribution is 6.13. The van der Waals surface area contributed by atoms with Crippen molar-refractivity contribution in [2.75, 3.05) is 0 Å². The fourth-order valence-corrected chi connectivity index (χ4v) is 4.31. The lowest BCUT2D eigenvalue weighted by Gasteiger charge is -2.20. The number of aryl methyl sites for hydroxylation is 1. The molecule has 3 heterocycles. The zero-order valence-electron chi connectivity index (χ0n) is 15.4. The van der Waals surface area contributed by atoms with Gasteiger partial charge in [0.2, 0.25) is 11.2 Å². The van der Waals surface area contributed by atoms with E-state index in [0.717, 1.165) is 22.6 Å². The van der Waals surface area contributed by atoms with Crippen LogP contribution in [0.2, 0.25) is 0 Å². The molecule has 0 N–H and O–H groups in total. The summed E-state index contributed by atoms with van der Waals surface area (Å²) in [5.41, 5.74) is 5.80. The Morgan fingerprint density at radius 2 is 1.68 bits per heavy atom. The maximum atomic E-state index is 6.22. The van der Waals surface area contributed by atoms with E-state index in [-0.39, 0.29) is 0 Å². The van der Waals surface area contributed by atoms with Gasteiger partial charge in [-0.1, -0.05) is 36.4 Å². The van der Waals surface area contributed by atoms with Crippen molar-refractivity contribution < 1.29 is 9.30 Å². The summed E-state index contributed by atoms with van der Waals surface area (Å²) in [6.07, 6.45) is 3.72. The molecule has 6 rings (SSSR count). The Morgan fingerprint density at radius 3 is 2.57 bits per heavy atom. The van der Waals surface area contributed by atoms with Gasteiger partial charge in [0.15, 0.2) is 0 Å². The highest BCUT2D eigenvalue weighted by Gasteiger charge is 2.29. The molecule has 3 nitrogen and oxygen atoms in total. The molecule has 0 unspecified atom stereocenters. The van der Waals surface area contributed by atoms with E-state index < -0.39 is 0 Å². The van der Waals surface area contributed by atoms with Crippen LogP contribution >= 0.6 is 0 Å². The number of nitrogens with zero attached hydrogens (tertiary/aromatic N) is 2. The second kappa shape index (κ2) is 5.64. The van der Waals surface area contributed by atoms with Crippen molar-refractivity contribution in [1.82, 2.24) is 4.98 Å². The SMILES string of the molecule is C[n+]1c2c3c(cccc3c3ccc(-c4cccnc4)cc31)Oc1ccccc1-2. The number of rotatable bonds is 1. The molecular formula is C25H17N2O+. The Kier molecular flexibility index (Phi) is 3.09. The number of ether oxygens (including phenoxy) is 1. The van der Waals surface area contributed by atoms with Crippen LogP contribution in [0, 0.1) is 0 Å². The molecule has 0 amide bonds. The minimum absolute atomic E-state index is 0.904. The summed E-state index contributed by atoms with van der Waals surface area (Å²) < 4.78 is 8.52. The van der Waals surface area contributed by atoms with Crippen LogP contribution < -0.4 is 9.30 Å². The van der Waals surface area contributed by atoms with Crippen molar-refractivity contribution >= 4 is 21.7 Å². The molecule has 0 atom stereocenters. The van der Waals surface area contributed by atoms with Crippen LogP contribution in [-0.2, 0) is 7.05 Å². The molecule has 3 aromatic carbocycles. The summed E-state index contributed by atoms with van der Waals surface area (Å²) in [6, 6.07) is 25.3. The van der Waals surface area contributed by atoms with Gasteiger partial charge in [-0.3, -0.25) is 4.98 Å². The third kappa shape index (κ3) is 2.04. The number of benzene rings is 3. The number of hydrogen-bond donors (Lipinski definition) is 0. The lowest BCUT2D eigenvalue weighted by molar-refractivity contribution is -0.632. The first-order chi connectivity index (χ1) is 13.8. The summed E-state index contributed by atoms with van der Waals surface area (Å²) in [7, 11) is 2.14. The van der Waals surface area contributed by atoms with Gasteiger partial charge >= 0.3 is 0 Å². The van der Waals surface area contributed by atoms with Crippen molar-refractivity contribution in [3.63, 3.8) is 0 Å². The highest BCUT2D eigenvalue weighted by Crippen LogP contribution is 2.46. The molecule has 132 valence electrons. The number of hydrogen-bond acceptors (Lipinski definition) is 2. The van der Waals surface area contributed by atoms with E-state index in [0.29, 0.717) is 0 Å². The van der Waals surface area contributed by atoms with Crippen molar-refractivity contribution in [1.29, 1.82) is 0 Å². The summed E-state index contributed by atoms with van der Waals surface area (Å²) in [5, 5.41) is 3.61. The smallest absolute Gasteiger partial charge is 0.228 e. The first-order valence-corrected chi connectivity index (χ1v) is 9.37. The molecule has 0 saturated carbocycles. The van der Waals surface area contributed by atoms with Crippen LogP contribution in [-0.4, -0.2) is 4.98 Å². The third-order valence-corrected chi connectivity index (χ3v) is 5.60. The maximum absolute atomic E-state index is 6.22. The molecular weight excluding hydrogens is 344 g/mol. The molecule has 1 aliphatic rings. The van der Waals surface area contributed by atoms with Gasteiger partial charge in [0.1, 0.15) is 18.5 Å². The standard InChI is InChI=1S/C25H17N2O/c1-27-21-14-16(17-6-5-13-26-15-17)11-12-18(21)19-8-4-10-23-24(19)25(27)20-7-2-3-9-22(20)28-23/h2-15H,1H3/q+1. The Labute approximate surface area is 162 Å². The third-order valence-electron chi connectivity index (χ3n) is 5.60. The summed E-state index contributed by atoms with van der Waals surface area (Å²) in [5.74, 6) is 1.82. The Bertz CT molecular complexity index is 1390. The first-order valence-electron chi connectivity index (χ1n) is 9.37. The Balaban J connectivity index is 1.77. The molecule has 0 spiro atoms. The fraction of sp³-hybridized carbons (Fsp3) is 0.0400. The highest BCUT2D eigenvalue weighted by atomic mass is 16.5. The van der Waals surface area contributed by atoms with Gasteiger partial charge in [0.05, 0.1) is 16.3 Å². The normalized spacial score (nSPS) is 12.0. The molecule has 3 heteroatoms. The second-order valence-electron chi connectivity index (χ2n) is 7.16. The number of fused-ring (bicyclic) bond motifs is 4. The second-order valence-corrected chi connectivity index (χ2v) is 7.16. The molecule has 0 bridgehead atoms. The first kappa shape index (κ1) is 15.3. The average Bonchev–Trinajstić information content (AvgIpc) is 2.76. The van der Waals surface area contributed by atoms with Crippen LogP contribution in [0.15, 0.2) is 85.2 Å². The van der Waals surface area contributed by atoms with E-state index in [9.17, 15) is 0 Å². The predicted octanol–water partition coefficient (Wildman–Crippen LogP) is 5.65. The van der Waals surface area contributed by atoms with E-state index in [1.807, 2.05) is 24.4 Å². The van der Waals surface area contributed by atoms with E-state index in [2.05, 4.69) is 71.2 Å². The van der Waals surface area contributed by atoms with Crippen molar-refractivity contribution in [3.05, 3.63) is 85.2 Å². The van der Waals surface area contributed by atoms with Gasteiger partial charge in [-0.05, 0) is 35.9 Å². The minimum atomic E-state index is 0.904. The molecule has 0 radical (unpaired) electrons. The quantitative estimate of drug-likeness (QED) is 0.279. The fourth-order valence-electron chi connectivity index (χ4n) is 4.31. The van der Waals surface area contributed by atoms with E-state index >= 15 is 0 Å². The zero-order chi connectivity index (χ0) is 18.7. The van der Waals surface area contributed by atoms with Gasteiger partial charge in [-0.15, -0.1) is 0 Å². The molecule has 5 aromatic rings. The number of aromatic nitrogens is 2. The van der Waals surface area contributed by atoms with Crippen LogP contribution in [0.25, 0.3) is 44.1 Å². The van der Waals surface area contributed by atoms with Crippen LogP contribution in [0.4, 0.5) is 0 Å². The van der Waals surface area contributed by atoms with Crippen LogP contribution in [0.5, 0.6) is 11.5 Å². The summed E-state index contributed by atoms with van der Waals surface area (Å²) in [6.45, 7) is 0. The van der Waals surface area contributed by atoms with E-state index in [1.54, 1.807) is 6.20 Å². The Morgan fingerprint density at radius 1 is 0.786 bits per heavy atom.